The van der Waals surface area contributed by atoms with Crippen LogP contribution in [0.3, 0.4) is 0 Å². The third-order valence-corrected chi connectivity index (χ3v) is 3.04. The van der Waals surface area contributed by atoms with E-state index in [1.807, 2.05) is 30.3 Å². The summed E-state index contributed by atoms with van der Waals surface area (Å²) in [5.41, 5.74) is 2.43. The van der Waals surface area contributed by atoms with Crippen molar-refractivity contribution in [3.63, 3.8) is 0 Å². The van der Waals surface area contributed by atoms with Crippen LogP contribution in [0.5, 0.6) is 5.75 Å². The minimum absolute atomic E-state index is 0.347. The number of rotatable bonds is 5. The topological polar surface area (TPSA) is 21.3 Å². The van der Waals surface area contributed by atoms with Gasteiger partial charge in [-0.05, 0) is 36.2 Å². The molecule has 0 saturated carbocycles. The van der Waals surface area contributed by atoms with Crippen molar-refractivity contribution in [2.24, 2.45) is 0 Å². The first-order chi connectivity index (χ1) is 8.83. The molecule has 1 N–H and O–H groups in total. The third-order valence-electron chi connectivity index (χ3n) is 3.04. The first-order valence-corrected chi connectivity index (χ1v) is 6.29. The standard InChI is InChI=1S/C16H19NO/c1-3-16(13-7-5-4-6-8-13)17-14-9-11-15(18-2)12-10-14/h4-12,16-17H,3H2,1-2H3/t16-/m0/s1. The molecule has 0 aromatic heterocycles. The van der Waals surface area contributed by atoms with Gasteiger partial charge in [0.2, 0.25) is 0 Å². The second-order valence-corrected chi connectivity index (χ2v) is 4.24. The molecule has 0 bridgehead atoms. The monoisotopic (exact) mass is 241 g/mol. The largest absolute Gasteiger partial charge is 0.497 e. The molecular weight excluding hydrogens is 222 g/mol. The van der Waals surface area contributed by atoms with Crippen molar-refractivity contribution in [1.82, 2.24) is 0 Å². The lowest BCUT2D eigenvalue weighted by molar-refractivity contribution is 0.415. The summed E-state index contributed by atoms with van der Waals surface area (Å²) in [6.07, 6.45) is 1.05. The molecule has 0 aliphatic heterocycles. The van der Waals surface area contributed by atoms with Crippen LogP contribution in [0.2, 0.25) is 0 Å². The van der Waals surface area contributed by atoms with Crippen molar-refractivity contribution in [3.8, 4) is 5.75 Å². The van der Waals surface area contributed by atoms with Crippen LogP contribution in [-0.4, -0.2) is 7.11 Å². The maximum atomic E-state index is 5.16. The van der Waals surface area contributed by atoms with Crippen LogP contribution in [0.15, 0.2) is 54.6 Å². The average molecular weight is 241 g/mol. The molecule has 0 radical (unpaired) electrons. The number of ether oxygens (including phenoxy) is 1. The highest BCUT2D eigenvalue weighted by atomic mass is 16.5. The predicted octanol–water partition coefficient (Wildman–Crippen LogP) is 4.26. The highest BCUT2D eigenvalue weighted by molar-refractivity contribution is 5.48. The van der Waals surface area contributed by atoms with E-state index < -0.39 is 0 Å². The molecule has 0 unspecified atom stereocenters. The summed E-state index contributed by atoms with van der Waals surface area (Å²) >= 11 is 0. The molecule has 0 aliphatic carbocycles. The van der Waals surface area contributed by atoms with Crippen LogP contribution >= 0.6 is 0 Å². The molecular formula is C16H19NO. The summed E-state index contributed by atoms with van der Waals surface area (Å²) in [7, 11) is 1.68. The van der Waals surface area contributed by atoms with Gasteiger partial charge in [-0.1, -0.05) is 37.3 Å². The van der Waals surface area contributed by atoms with E-state index in [9.17, 15) is 0 Å². The third kappa shape index (κ3) is 3.04. The lowest BCUT2D eigenvalue weighted by Gasteiger charge is -2.19. The van der Waals surface area contributed by atoms with Gasteiger partial charge in [0.25, 0.3) is 0 Å². The van der Waals surface area contributed by atoms with Gasteiger partial charge in [0.05, 0.1) is 13.2 Å². The van der Waals surface area contributed by atoms with Crippen molar-refractivity contribution in [1.29, 1.82) is 0 Å². The Kier molecular flexibility index (Phi) is 4.24. The van der Waals surface area contributed by atoms with E-state index >= 15 is 0 Å². The van der Waals surface area contributed by atoms with Gasteiger partial charge in [-0.2, -0.15) is 0 Å². The van der Waals surface area contributed by atoms with Crippen molar-refractivity contribution >= 4 is 5.69 Å². The lowest BCUT2D eigenvalue weighted by atomic mass is 10.0. The molecule has 0 amide bonds. The van der Waals surface area contributed by atoms with E-state index in [0.717, 1.165) is 17.9 Å². The molecule has 2 aromatic carbocycles. The van der Waals surface area contributed by atoms with Crippen molar-refractivity contribution < 1.29 is 4.74 Å². The zero-order chi connectivity index (χ0) is 12.8. The summed E-state index contributed by atoms with van der Waals surface area (Å²) in [6, 6.07) is 18.9. The van der Waals surface area contributed by atoms with Crippen LogP contribution in [0.4, 0.5) is 5.69 Å². The Hall–Kier alpha value is -1.96. The quantitative estimate of drug-likeness (QED) is 0.844. The fourth-order valence-corrected chi connectivity index (χ4v) is 1.99. The summed E-state index contributed by atoms with van der Waals surface area (Å²) < 4.78 is 5.16. The van der Waals surface area contributed by atoms with E-state index in [1.54, 1.807) is 7.11 Å². The van der Waals surface area contributed by atoms with Crippen LogP contribution in [-0.2, 0) is 0 Å². The highest BCUT2D eigenvalue weighted by Gasteiger charge is 2.08. The predicted molar refractivity (Wildman–Crippen MR) is 76.1 cm³/mol. The molecule has 2 aromatic rings. The fourth-order valence-electron chi connectivity index (χ4n) is 1.99. The number of nitrogens with one attached hydrogen (secondary N) is 1. The average Bonchev–Trinajstić information content (AvgIpc) is 2.46. The van der Waals surface area contributed by atoms with E-state index in [2.05, 4.69) is 36.5 Å². The van der Waals surface area contributed by atoms with Crippen molar-refractivity contribution in [3.05, 3.63) is 60.2 Å². The van der Waals surface area contributed by atoms with Gasteiger partial charge in [-0.15, -0.1) is 0 Å². The molecule has 1 atom stereocenters. The second kappa shape index (κ2) is 6.10. The van der Waals surface area contributed by atoms with E-state index in [4.69, 9.17) is 4.74 Å². The van der Waals surface area contributed by atoms with E-state index in [-0.39, 0.29) is 0 Å². The Bertz CT molecular complexity index is 464. The van der Waals surface area contributed by atoms with Crippen molar-refractivity contribution in [2.45, 2.75) is 19.4 Å². The van der Waals surface area contributed by atoms with Gasteiger partial charge in [0.15, 0.2) is 0 Å². The zero-order valence-corrected chi connectivity index (χ0v) is 10.9. The van der Waals surface area contributed by atoms with Crippen molar-refractivity contribution in [2.75, 3.05) is 12.4 Å². The van der Waals surface area contributed by atoms with E-state index in [1.165, 1.54) is 5.56 Å². The number of hydrogen-bond donors (Lipinski definition) is 1. The van der Waals surface area contributed by atoms with Crippen LogP contribution < -0.4 is 10.1 Å². The van der Waals surface area contributed by atoms with Crippen LogP contribution in [0.25, 0.3) is 0 Å². The molecule has 18 heavy (non-hydrogen) atoms. The van der Waals surface area contributed by atoms with Gasteiger partial charge in [-0.25, -0.2) is 0 Å². The number of methoxy groups -OCH3 is 1. The SMILES string of the molecule is CC[C@H](Nc1ccc(OC)cc1)c1ccccc1. The molecule has 2 nitrogen and oxygen atoms in total. The van der Waals surface area contributed by atoms with Gasteiger partial charge in [0.1, 0.15) is 5.75 Å². The van der Waals surface area contributed by atoms with E-state index in [0.29, 0.717) is 6.04 Å². The first-order valence-electron chi connectivity index (χ1n) is 6.29. The second-order valence-electron chi connectivity index (χ2n) is 4.24. The molecule has 94 valence electrons. The lowest BCUT2D eigenvalue weighted by Crippen LogP contribution is -2.09. The zero-order valence-electron chi connectivity index (χ0n) is 10.9. The minimum atomic E-state index is 0.347. The Labute approximate surface area is 109 Å². The highest BCUT2D eigenvalue weighted by Crippen LogP contribution is 2.23. The molecule has 0 fully saturated rings. The molecule has 2 rings (SSSR count). The fraction of sp³-hybridized carbons (Fsp3) is 0.250. The summed E-state index contributed by atoms with van der Waals surface area (Å²) in [5, 5.41) is 3.54. The first kappa shape index (κ1) is 12.5. The number of anilines is 1. The Morgan fingerprint density at radius 3 is 2.22 bits per heavy atom. The number of benzene rings is 2. The normalized spacial score (nSPS) is 11.9. The maximum Gasteiger partial charge on any atom is 0.119 e. The van der Waals surface area contributed by atoms with Gasteiger partial charge in [-0.3, -0.25) is 0 Å². The molecule has 0 saturated heterocycles. The Balaban J connectivity index is 2.10. The minimum Gasteiger partial charge on any atom is -0.497 e. The van der Waals surface area contributed by atoms with Gasteiger partial charge < -0.3 is 10.1 Å². The van der Waals surface area contributed by atoms with Crippen LogP contribution in [0, 0.1) is 0 Å². The van der Waals surface area contributed by atoms with Gasteiger partial charge in [0, 0.05) is 5.69 Å². The maximum absolute atomic E-state index is 5.16. The summed E-state index contributed by atoms with van der Waals surface area (Å²) in [4.78, 5) is 0. The Morgan fingerprint density at radius 1 is 1.00 bits per heavy atom. The molecule has 0 heterocycles. The van der Waals surface area contributed by atoms with Crippen LogP contribution in [0.1, 0.15) is 24.9 Å². The number of hydrogen-bond acceptors (Lipinski definition) is 2. The molecule has 0 aliphatic rings. The summed E-state index contributed by atoms with van der Waals surface area (Å²) in [5.74, 6) is 0.883. The summed E-state index contributed by atoms with van der Waals surface area (Å²) in [6.45, 7) is 2.19. The Morgan fingerprint density at radius 2 is 1.67 bits per heavy atom. The molecule has 2 heteroatoms. The van der Waals surface area contributed by atoms with Gasteiger partial charge >= 0.3 is 0 Å². The smallest absolute Gasteiger partial charge is 0.119 e. The molecule has 0 spiro atoms.